The fraction of sp³-hybridized carbons (Fsp3) is 0.538. The summed E-state index contributed by atoms with van der Waals surface area (Å²) in [5.74, 6) is 0.816. The Morgan fingerprint density at radius 2 is 2.17 bits per heavy atom. The predicted molar refractivity (Wildman–Crippen MR) is 75.0 cm³/mol. The first kappa shape index (κ1) is 13.8. The number of aliphatic hydroxyl groups is 1. The van der Waals surface area contributed by atoms with Gasteiger partial charge in [-0.15, -0.1) is 0 Å². The van der Waals surface area contributed by atoms with Gasteiger partial charge in [-0.05, 0) is 33.6 Å². The first-order valence-corrected chi connectivity index (χ1v) is 6.94. The maximum absolute atomic E-state index is 9.64. The summed E-state index contributed by atoms with van der Waals surface area (Å²) in [4.78, 5) is 2.31. The van der Waals surface area contributed by atoms with Crippen molar-refractivity contribution in [2.24, 2.45) is 0 Å². The summed E-state index contributed by atoms with van der Waals surface area (Å²) < 4.78 is 6.15. The Morgan fingerprint density at radius 3 is 2.72 bits per heavy atom. The fourth-order valence-electron chi connectivity index (χ4n) is 2.32. The van der Waals surface area contributed by atoms with Crippen molar-refractivity contribution in [3.05, 3.63) is 28.2 Å². The van der Waals surface area contributed by atoms with Crippen LogP contribution in [0, 0.1) is 0 Å². The summed E-state index contributed by atoms with van der Waals surface area (Å²) in [6, 6.07) is 6.05. The van der Waals surface area contributed by atoms with Crippen LogP contribution in [0.1, 0.15) is 11.6 Å². The van der Waals surface area contributed by atoms with Gasteiger partial charge in [-0.1, -0.05) is 6.07 Å². The molecule has 1 aromatic carbocycles. The lowest BCUT2D eigenvalue weighted by Gasteiger charge is -2.34. The van der Waals surface area contributed by atoms with Gasteiger partial charge in [0.1, 0.15) is 5.75 Å². The van der Waals surface area contributed by atoms with Crippen molar-refractivity contribution in [3.63, 3.8) is 0 Å². The van der Waals surface area contributed by atoms with E-state index in [4.69, 9.17) is 4.74 Å². The van der Waals surface area contributed by atoms with Crippen molar-refractivity contribution in [1.29, 1.82) is 0 Å². The van der Waals surface area contributed by atoms with Gasteiger partial charge in [-0.2, -0.15) is 0 Å². The van der Waals surface area contributed by atoms with Gasteiger partial charge in [-0.25, -0.2) is 0 Å². The molecule has 1 aromatic rings. The van der Waals surface area contributed by atoms with Gasteiger partial charge in [0.2, 0.25) is 0 Å². The number of aliphatic hydroxyl groups excluding tert-OH is 1. The maximum Gasteiger partial charge on any atom is 0.133 e. The molecule has 0 bridgehead atoms. The molecule has 0 spiro atoms. The zero-order valence-corrected chi connectivity index (χ0v) is 12.1. The minimum Gasteiger partial charge on any atom is -0.496 e. The molecule has 0 aliphatic carbocycles. The van der Waals surface area contributed by atoms with Crippen molar-refractivity contribution >= 4 is 15.9 Å². The molecule has 2 rings (SSSR count). The average molecular weight is 315 g/mol. The molecule has 1 aliphatic heterocycles. The topological polar surface area (TPSA) is 44.7 Å². The third kappa shape index (κ3) is 3.03. The van der Waals surface area contributed by atoms with Gasteiger partial charge in [0, 0.05) is 26.2 Å². The van der Waals surface area contributed by atoms with E-state index in [-0.39, 0.29) is 12.6 Å². The van der Waals surface area contributed by atoms with Gasteiger partial charge in [-0.3, -0.25) is 4.90 Å². The standard InChI is InChI=1S/C13H19BrN2O2/c1-18-13-3-2-10(8-11(13)14)12(9-17)16-6-4-15-5-7-16/h2-3,8,12,15,17H,4-7,9H2,1H3/t12-/m1/s1. The second-order valence-corrected chi connectivity index (χ2v) is 5.23. The largest absolute Gasteiger partial charge is 0.496 e. The molecule has 1 saturated heterocycles. The molecule has 0 radical (unpaired) electrons. The van der Waals surface area contributed by atoms with E-state index >= 15 is 0 Å². The van der Waals surface area contributed by atoms with Gasteiger partial charge >= 0.3 is 0 Å². The molecule has 1 atom stereocenters. The molecule has 2 N–H and O–H groups in total. The first-order valence-electron chi connectivity index (χ1n) is 6.15. The molecule has 0 unspecified atom stereocenters. The van der Waals surface area contributed by atoms with Crippen molar-refractivity contribution in [2.45, 2.75) is 6.04 Å². The number of hydrogen-bond donors (Lipinski definition) is 2. The fourth-order valence-corrected chi connectivity index (χ4v) is 2.87. The van der Waals surface area contributed by atoms with Crippen LogP contribution in [0.4, 0.5) is 0 Å². The summed E-state index contributed by atoms with van der Waals surface area (Å²) >= 11 is 3.49. The van der Waals surface area contributed by atoms with Crippen LogP contribution in [0.2, 0.25) is 0 Å². The van der Waals surface area contributed by atoms with Crippen molar-refractivity contribution in [3.8, 4) is 5.75 Å². The molecule has 1 heterocycles. The number of piperazine rings is 1. The molecule has 5 heteroatoms. The summed E-state index contributed by atoms with van der Waals surface area (Å²) in [6.45, 7) is 4.03. The van der Waals surface area contributed by atoms with Crippen LogP contribution in [0.5, 0.6) is 5.75 Å². The Labute approximate surface area is 116 Å². The van der Waals surface area contributed by atoms with Gasteiger partial charge in [0.05, 0.1) is 24.2 Å². The Balaban J connectivity index is 2.18. The highest BCUT2D eigenvalue weighted by Gasteiger charge is 2.21. The van der Waals surface area contributed by atoms with E-state index in [0.717, 1.165) is 42.0 Å². The molecule has 0 saturated carbocycles. The number of hydrogen-bond acceptors (Lipinski definition) is 4. The second kappa shape index (κ2) is 6.52. The van der Waals surface area contributed by atoms with E-state index in [9.17, 15) is 5.11 Å². The number of rotatable bonds is 4. The average Bonchev–Trinajstić information content (AvgIpc) is 2.41. The normalized spacial score (nSPS) is 18.6. The Kier molecular flexibility index (Phi) is 5.00. The van der Waals surface area contributed by atoms with Crippen molar-refractivity contribution in [2.75, 3.05) is 39.9 Å². The highest BCUT2D eigenvalue weighted by atomic mass is 79.9. The molecule has 0 aromatic heterocycles. The Bertz CT molecular complexity index is 395. The zero-order chi connectivity index (χ0) is 13.0. The van der Waals surface area contributed by atoms with Crippen LogP contribution >= 0.6 is 15.9 Å². The zero-order valence-electron chi connectivity index (χ0n) is 10.5. The predicted octanol–water partition coefficient (Wildman–Crippen LogP) is 1.40. The van der Waals surface area contributed by atoms with E-state index in [1.807, 2.05) is 18.2 Å². The molecule has 1 fully saturated rings. The van der Waals surface area contributed by atoms with Gasteiger partial charge in [0.15, 0.2) is 0 Å². The molecular weight excluding hydrogens is 296 g/mol. The summed E-state index contributed by atoms with van der Waals surface area (Å²) in [6.07, 6.45) is 0. The monoisotopic (exact) mass is 314 g/mol. The van der Waals surface area contributed by atoms with E-state index in [1.165, 1.54) is 0 Å². The highest BCUT2D eigenvalue weighted by Crippen LogP contribution is 2.30. The Morgan fingerprint density at radius 1 is 1.44 bits per heavy atom. The molecule has 0 amide bonds. The van der Waals surface area contributed by atoms with E-state index in [0.29, 0.717) is 0 Å². The van der Waals surface area contributed by atoms with Gasteiger partial charge in [0.25, 0.3) is 0 Å². The van der Waals surface area contributed by atoms with E-state index in [1.54, 1.807) is 7.11 Å². The number of benzene rings is 1. The number of nitrogens with one attached hydrogen (secondary N) is 1. The van der Waals surface area contributed by atoms with Crippen LogP contribution in [0.3, 0.4) is 0 Å². The lowest BCUT2D eigenvalue weighted by molar-refractivity contribution is 0.111. The van der Waals surface area contributed by atoms with Crippen LogP contribution in [0.15, 0.2) is 22.7 Å². The Hall–Kier alpha value is -0.620. The smallest absolute Gasteiger partial charge is 0.133 e. The second-order valence-electron chi connectivity index (χ2n) is 4.38. The van der Waals surface area contributed by atoms with Crippen molar-refractivity contribution < 1.29 is 9.84 Å². The maximum atomic E-state index is 9.64. The van der Waals surface area contributed by atoms with Crippen LogP contribution in [-0.4, -0.2) is 49.9 Å². The third-order valence-electron chi connectivity index (χ3n) is 3.33. The molecule has 4 nitrogen and oxygen atoms in total. The SMILES string of the molecule is COc1ccc([C@@H](CO)N2CCNCC2)cc1Br. The van der Waals surface area contributed by atoms with Crippen LogP contribution < -0.4 is 10.1 Å². The molecule has 18 heavy (non-hydrogen) atoms. The van der Waals surface area contributed by atoms with Crippen LogP contribution in [0.25, 0.3) is 0 Å². The lowest BCUT2D eigenvalue weighted by atomic mass is 10.1. The number of nitrogens with zero attached hydrogens (tertiary/aromatic N) is 1. The third-order valence-corrected chi connectivity index (χ3v) is 3.95. The minimum atomic E-state index is 0.0642. The highest BCUT2D eigenvalue weighted by molar-refractivity contribution is 9.10. The lowest BCUT2D eigenvalue weighted by Crippen LogP contribution is -2.46. The number of methoxy groups -OCH3 is 1. The van der Waals surface area contributed by atoms with Crippen molar-refractivity contribution in [1.82, 2.24) is 10.2 Å². The summed E-state index contributed by atoms with van der Waals surface area (Å²) in [7, 11) is 1.65. The van der Waals surface area contributed by atoms with E-state index in [2.05, 4.69) is 26.1 Å². The first-order chi connectivity index (χ1) is 8.76. The quantitative estimate of drug-likeness (QED) is 0.881. The summed E-state index contributed by atoms with van der Waals surface area (Å²) in [5.41, 5.74) is 1.12. The van der Waals surface area contributed by atoms with Crippen LogP contribution in [-0.2, 0) is 0 Å². The number of halogens is 1. The molecule has 1 aliphatic rings. The minimum absolute atomic E-state index is 0.0642. The molecular formula is C13H19BrN2O2. The number of ether oxygens (including phenoxy) is 1. The van der Waals surface area contributed by atoms with Gasteiger partial charge < -0.3 is 15.2 Å². The molecule has 100 valence electrons. The van der Waals surface area contributed by atoms with E-state index < -0.39 is 0 Å². The summed E-state index contributed by atoms with van der Waals surface area (Å²) in [5, 5.41) is 13.0.